The average molecular weight is 355 g/mol. The lowest BCUT2D eigenvalue weighted by Crippen LogP contribution is -2.29. The minimum absolute atomic E-state index is 0.279. The van der Waals surface area contributed by atoms with Gasteiger partial charge in [-0.1, -0.05) is 18.2 Å². The molecule has 0 radical (unpaired) electrons. The molecule has 1 heterocycles. The molecule has 0 atom stereocenters. The summed E-state index contributed by atoms with van der Waals surface area (Å²) in [5.41, 5.74) is 2.62. The van der Waals surface area contributed by atoms with Crippen molar-refractivity contribution >= 4 is 11.7 Å². The molecule has 2 amide bonds. The summed E-state index contributed by atoms with van der Waals surface area (Å²) in [6.07, 6.45) is 1.87. The second-order valence-corrected chi connectivity index (χ2v) is 6.03. The molecule has 0 saturated carbocycles. The number of halogens is 2. The van der Waals surface area contributed by atoms with E-state index in [9.17, 15) is 13.6 Å². The first-order valence-electron chi connectivity index (χ1n) is 8.21. The van der Waals surface area contributed by atoms with Gasteiger partial charge in [0.25, 0.3) is 0 Å². The highest BCUT2D eigenvalue weighted by molar-refractivity contribution is 5.89. The van der Waals surface area contributed by atoms with Crippen LogP contribution in [0.2, 0.25) is 0 Å². The van der Waals surface area contributed by atoms with Crippen LogP contribution >= 0.6 is 0 Å². The van der Waals surface area contributed by atoms with E-state index in [-0.39, 0.29) is 11.6 Å². The van der Waals surface area contributed by atoms with E-state index in [4.69, 9.17) is 0 Å². The predicted octanol–water partition coefficient (Wildman–Crippen LogP) is 4.44. The second-order valence-electron chi connectivity index (χ2n) is 6.03. The maximum absolute atomic E-state index is 13.5. The molecule has 6 heteroatoms. The molecule has 0 fully saturated rings. The van der Waals surface area contributed by atoms with E-state index in [1.807, 2.05) is 29.0 Å². The van der Waals surface area contributed by atoms with Gasteiger partial charge < -0.3 is 15.2 Å². The number of carbonyl (C=O) groups is 1. The van der Waals surface area contributed by atoms with Crippen molar-refractivity contribution in [3.05, 3.63) is 89.2 Å². The molecule has 1 aromatic heterocycles. The number of benzene rings is 2. The van der Waals surface area contributed by atoms with Gasteiger partial charge in [-0.25, -0.2) is 13.6 Å². The smallest absolute Gasteiger partial charge is 0.319 e. The summed E-state index contributed by atoms with van der Waals surface area (Å²) in [6, 6.07) is 14.2. The molecule has 2 N–H and O–H groups in total. The third-order valence-electron chi connectivity index (χ3n) is 4.03. The molecule has 0 aliphatic heterocycles. The number of urea groups is 1. The lowest BCUT2D eigenvalue weighted by Gasteiger charge is -2.12. The highest BCUT2D eigenvalue weighted by Gasteiger charge is 2.07. The van der Waals surface area contributed by atoms with Gasteiger partial charge in [-0.05, 0) is 54.4 Å². The largest absolute Gasteiger partial charge is 0.345 e. The van der Waals surface area contributed by atoms with Gasteiger partial charge in [0.15, 0.2) is 0 Å². The number of rotatable bonds is 5. The number of aromatic nitrogens is 1. The molecule has 26 heavy (non-hydrogen) atoms. The Hall–Kier alpha value is -3.15. The summed E-state index contributed by atoms with van der Waals surface area (Å²) in [5, 5.41) is 5.34. The normalized spacial score (nSPS) is 10.6. The van der Waals surface area contributed by atoms with Crippen molar-refractivity contribution in [3.63, 3.8) is 0 Å². The van der Waals surface area contributed by atoms with E-state index < -0.39 is 6.03 Å². The Morgan fingerprint density at radius 3 is 2.69 bits per heavy atom. The summed E-state index contributed by atoms with van der Waals surface area (Å²) in [6.45, 7) is 2.46. The van der Waals surface area contributed by atoms with E-state index in [1.165, 1.54) is 18.2 Å². The Balaban J connectivity index is 1.59. The maximum Gasteiger partial charge on any atom is 0.319 e. The summed E-state index contributed by atoms with van der Waals surface area (Å²) in [4.78, 5) is 12.0. The van der Waals surface area contributed by atoms with Crippen molar-refractivity contribution in [1.82, 2.24) is 9.88 Å². The molecule has 0 spiro atoms. The van der Waals surface area contributed by atoms with Crippen LogP contribution in [0.1, 0.15) is 16.8 Å². The Labute approximate surface area is 150 Å². The van der Waals surface area contributed by atoms with Crippen molar-refractivity contribution in [2.45, 2.75) is 20.0 Å². The molecule has 0 unspecified atom stereocenters. The number of amides is 2. The number of anilines is 1. The average Bonchev–Trinajstić information content (AvgIpc) is 3.03. The molecule has 3 rings (SSSR count). The number of aryl methyl sites for hydroxylation is 1. The topological polar surface area (TPSA) is 46.1 Å². The Morgan fingerprint density at radius 1 is 1.08 bits per heavy atom. The predicted molar refractivity (Wildman–Crippen MR) is 96.9 cm³/mol. The van der Waals surface area contributed by atoms with Crippen LogP contribution in [-0.2, 0) is 13.1 Å². The molecule has 0 bridgehead atoms. The highest BCUT2D eigenvalue weighted by Crippen LogP contribution is 2.14. The maximum atomic E-state index is 13.5. The first-order valence-corrected chi connectivity index (χ1v) is 8.21. The minimum Gasteiger partial charge on any atom is -0.345 e. The fraction of sp³-hybridized carbons (Fsp3) is 0.150. The van der Waals surface area contributed by atoms with Gasteiger partial charge in [0.2, 0.25) is 0 Å². The zero-order chi connectivity index (χ0) is 18.5. The molecule has 3 aromatic rings. The van der Waals surface area contributed by atoms with Gasteiger partial charge in [0.05, 0.1) is 6.54 Å². The van der Waals surface area contributed by atoms with Gasteiger partial charge in [-0.2, -0.15) is 0 Å². The van der Waals surface area contributed by atoms with Gasteiger partial charge in [-0.15, -0.1) is 0 Å². The van der Waals surface area contributed by atoms with Crippen LogP contribution in [0.4, 0.5) is 19.3 Å². The van der Waals surface area contributed by atoms with Crippen LogP contribution in [0, 0.1) is 18.6 Å². The number of hydrogen-bond donors (Lipinski definition) is 2. The third-order valence-corrected chi connectivity index (χ3v) is 4.03. The molecule has 2 aromatic carbocycles. The Morgan fingerprint density at radius 2 is 1.92 bits per heavy atom. The molecular formula is C20H19F2N3O. The number of nitrogens with zero attached hydrogens (tertiary/aromatic N) is 1. The SMILES string of the molecule is Cc1ccc(NC(=O)NCc2cccn2Cc2cccc(F)c2)cc1F. The van der Waals surface area contributed by atoms with Gasteiger partial charge in [-0.3, -0.25) is 0 Å². The van der Waals surface area contributed by atoms with Crippen molar-refractivity contribution in [3.8, 4) is 0 Å². The highest BCUT2D eigenvalue weighted by atomic mass is 19.1. The van der Waals surface area contributed by atoms with Gasteiger partial charge >= 0.3 is 6.03 Å². The molecular weight excluding hydrogens is 336 g/mol. The van der Waals surface area contributed by atoms with Crippen LogP contribution in [0.15, 0.2) is 60.8 Å². The number of nitrogens with one attached hydrogen (secondary N) is 2. The summed E-state index contributed by atoms with van der Waals surface area (Å²) in [7, 11) is 0. The summed E-state index contributed by atoms with van der Waals surface area (Å²) < 4.78 is 28.8. The first-order chi connectivity index (χ1) is 12.5. The van der Waals surface area contributed by atoms with E-state index in [0.29, 0.717) is 24.3 Å². The monoisotopic (exact) mass is 355 g/mol. The zero-order valence-corrected chi connectivity index (χ0v) is 14.3. The number of carbonyl (C=O) groups excluding carboxylic acids is 1. The quantitative estimate of drug-likeness (QED) is 0.698. The lowest BCUT2D eigenvalue weighted by molar-refractivity contribution is 0.251. The second kappa shape index (κ2) is 7.82. The molecule has 0 aliphatic rings. The van der Waals surface area contributed by atoms with Crippen molar-refractivity contribution in [2.75, 3.05) is 5.32 Å². The van der Waals surface area contributed by atoms with Crippen LogP contribution in [0.3, 0.4) is 0 Å². The van der Waals surface area contributed by atoms with Crippen LogP contribution < -0.4 is 10.6 Å². The number of hydrogen-bond acceptors (Lipinski definition) is 1. The van der Waals surface area contributed by atoms with Crippen LogP contribution in [0.5, 0.6) is 0 Å². The molecule has 134 valence electrons. The zero-order valence-electron chi connectivity index (χ0n) is 14.3. The summed E-state index contributed by atoms with van der Waals surface area (Å²) in [5.74, 6) is -0.647. The fourth-order valence-corrected chi connectivity index (χ4v) is 2.61. The van der Waals surface area contributed by atoms with Crippen molar-refractivity contribution < 1.29 is 13.6 Å². The van der Waals surface area contributed by atoms with Gasteiger partial charge in [0, 0.05) is 24.1 Å². The van der Waals surface area contributed by atoms with Crippen LogP contribution in [-0.4, -0.2) is 10.6 Å². The van der Waals surface area contributed by atoms with E-state index in [2.05, 4.69) is 10.6 Å². The molecule has 0 saturated heterocycles. The fourth-order valence-electron chi connectivity index (χ4n) is 2.61. The Bertz CT molecular complexity index is 921. The molecule has 4 nitrogen and oxygen atoms in total. The van der Waals surface area contributed by atoms with E-state index in [1.54, 1.807) is 25.1 Å². The lowest BCUT2D eigenvalue weighted by atomic mass is 10.2. The van der Waals surface area contributed by atoms with E-state index in [0.717, 1.165) is 11.3 Å². The molecule has 0 aliphatic carbocycles. The van der Waals surface area contributed by atoms with Crippen LogP contribution in [0.25, 0.3) is 0 Å². The van der Waals surface area contributed by atoms with Gasteiger partial charge in [0.1, 0.15) is 11.6 Å². The third kappa shape index (κ3) is 4.47. The van der Waals surface area contributed by atoms with E-state index >= 15 is 0 Å². The van der Waals surface area contributed by atoms with Crippen molar-refractivity contribution in [1.29, 1.82) is 0 Å². The standard InChI is InChI=1S/C20H19F2N3O/c1-14-7-8-17(11-19(14)22)24-20(26)23-12-18-6-3-9-25(18)13-15-4-2-5-16(21)10-15/h2-11H,12-13H2,1H3,(H2,23,24,26). The first kappa shape index (κ1) is 17.7. The Kier molecular flexibility index (Phi) is 5.31. The summed E-state index contributed by atoms with van der Waals surface area (Å²) >= 11 is 0. The minimum atomic E-state index is -0.424. The van der Waals surface area contributed by atoms with Crippen molar-refractivity contribution in [2.24, 2.45) is 0 Å².